The van der Waals surface area contributed by atoms with Gasteiger partial charge in [0.15, 0.2) is 0 Å². The molecular formula is C14H16O2S. The molecule has 3 heteroatoms. The lowest BCUT2D eigenvalue weighted by atomic mass is 9.91. The van der Waals surface area contributed by atoms with Crippen LogP contribution in [0.5, 0.6) is 0 Å². The highest BCUT2D eigenvalue weighted by Gasteiger charge is 2.32. The molecule has 17 heavy (non-hydrogen) atoms. The third kappa shape index (κ3) is 2.20. The number of hydrogen-bond donors (Lipinski definition) is 0. The first-order chi connectivity index (χ1) is 8.05. The van der Waals surface area contributed by atoms with Gasteiger partial charge in [-0.1, -0.05) is 18.2 Å². The summed E-state index contributed by atoms with van der Waals surface area (Å²) < 4.78 is 6.33. The average Bonchev–Trinajstić information content (AvgIpc) is 2.73. The highest BCUT2D eigenvalue weighted by molar-refractivity contribution is 7.19. The average molecular weight is 248 g/mol. The molecule has 90 valence electrons. The van der Waals surface area contributed by atoms with Crippen LogP contribution in [0, 0.1) is 0 Å². The van der Waals surface area contributed by atoms with E-state index in [0.717, 1.165) is 4.88 Å². The maximum Gasteiger partial charge on any atom is 0.316 e. The van der Waals surface area contributed by atoms with E-state index in [2.05, 4.69) is 18.2 Å². The predicted molar refractivity (Wildman–Crippen MR) is 71.5 cm³/mol. The van der Waals surface area contributed by atoms with Gasteiger partial charge in [0, 0.05) is 9.58 Å². The van der Waals surface area contributed by atoms with Gasteiger partial charge in [0.05, 0.1) is 12.0 Å². The van der Waals surface area contributed by atoms with E-state index in [1.165, 1.54) is 10.1 Å². The molecule has 0 unspecified atom stereocenters. The van der Waals surface area contributed by atoms with E-state index in [9.17, 15) is 4.79 Å². The molecule has 0 N–H and O–H groups in total. The number of ether oxygens (including phenoxy) is 1. The van der Waals surface area contributed by atoms with Gasteiger partial charge in [0.25, 0.3) is 0 Å². The number of rotatable bonds is 3. The second-order valence-corrected chi connectivity index (χ2v) is 5.58. The number of thiophene rings is 1. The molecule has 1 heterocycles. The Hall–Kier alpha value is -1.35. The van der Waals surface area contributed by atoms with Crippen molar-refractivity contribution < 1.29 is 9.53 Å². The SMILES string of the molecule is CCOC(=O)C(C)(C)c1cc2ccccc2s1. The van der Waals surface area contributed by atoms with Gasteiger partial charge in [-0.15, -0.1) is 11.3 Å². The van der Waals surface area contributed by atoms with Crippen LogP contribution < -0.4 is 0 Å². The third-order valence-electron chi connectivity index (χ3n) is 2.83. The molecule has 2 rings (SSSR count). The van der Waals surface area contributed by atoms with Crippen molar-refractivity contribution in [2.45, 2.75) is 26.2 Å². The summed E-state index contributed by atoms with van der Waals surface area (Å²) >= 11 is 1.66. The molecule has 0 aliphatic heterocycles. The second kappa shape index (κ2) is 4.49. The Kier molecular flexibility index (Phi) is 3.20. The molecule has 0 aliphatic carbocycles. The minimum atomic E-state index is -0.570. The van der Waals surface area contributed by atoms with Crippen molar-refractivity contribution in [2.75, 3.05) is 6.61 Å². The molecule has 0 atom stereocenters. The smallest absolute Gasteiger partial charge is 0.316 e. The Morgan fingerprint density at radius 2 is 2.06 bits per heavy atom. The van der Waals surface area contributed by atoms with Gasteiger partial charge in [-0.25, -0.2) is 0 Å². The first kappa shape index (κ1) is 12.1. The molecule has 0 bridgehead atoms. The number of carbonyl (C=O) groups is 1. The first-order valence-corrected chi connectivity index (χ1v) is 6.53. The number of benzene rings is 1. The van der Waals surface area contributed by atoms with Gasteiger partial charge in [-0.05, 0) is 38.3 Å². The van der Waals surface area contributed by atoms with Crippen LogP contribution in [0.15, 0.2) is 30.3 Å². The molecule has 0 saturated carbocycles. The number of fused-ring (bicyclic) bond motifs is 1. The van der Waals surface area contributed by atoms with Crippen LogP contribution >= 0.6 is 11.3 Å². The molecule has 0 radical (unpaired) electrons. The second-order valence-electron chi connectivity index (χ2n) is 4.49. The van der Waals surface area contributed by atoms with Gasteiger partial charge < -0.3 is 4.74 Å². The van der Waals surface area contributed by atoms with Gasteiger partial charge in [-0.3, -0.25) is 4.79 Å². The lowest BCUT2D eigenvalue weighted by molar-refractivity contribution is -0.148. The highest BCUT2D eigenvalue weighted by Crippen LogP contribution is 2.35. The molecule has 0 aliphatic rings. The standard InChI is InChI=1S/C14H16O2S/c1-4-16-13(15)14(2,3)12-9-10-7-5-6-8-11(10)17-12/h5-9H,4H2,1-3H3. The Labute approximate surface area is 105 Å². The van der Waals surface area contributed by atoms with Gasteiger partial charge in [0.1, 0.15) is 0 Å². The van der Waals surface area contributed by atoms with E-state index in [1.807, 2.05) is 32.9 Å². The van der Waals surface area contributed by atoms with E-state index in [4.69, 9.17) is 4.74 Å². The first-order valence-electron chi connectivity index (χ1n) is 5.72. The summed E-state index contributed by atoms with van der Waals surface area (Å²) in [7, 11) is 0. The Bertz CT molecular complexity index is 507. The number of carbonyl (C=O) groups excluding carboxylic acids is 1. The van der Waals surface area contributed by atoms with E-state index in [-0.39, 0.29) is 5.97 Å². The zero-order valence-electron chi connectivity index (χ0n) is 10.3. The summed E-state index contributed by atoms with van der Waals surface area (Å²) in [5.74, 6) is -0.161. The molecule has 0 saturated heterocycles. The molecule has 0 amide bonds. The van der Waals surface area contributed by atoms with Crippen molar-refractivity contribution in [1.82, 2.24) is 0 Å². The van der Waals surface area contributed by atoms with Gasteiger partial charge in [0.2, 0.25) is 0 Å². The molecule has 1 aromatic heterocycles. The zero-order valence-corrected chi connectivity index (χ0v) is 11.1. The molecule has 0 spiro atoms. The highest BCUT2D eigenvalue weighted by atomic mass is 32.1. The van der Waals surface area contributed by atoms with Crippen LogP contribution in [0.2, 0.25) is 0 Å². The number of esters is 1. The van der Waals surface area contributed by atoms with Crippen molar-refractivity contribution in [3.05, 3.63) is 35.2 Å². The minimum absolute atomic E-state index is 0.161. The van der Waals surface area contributed by atoms with Crippen molar-refractivity contribution in [2.24, 2.45) is 0 Å². The minimum Gasteiger partial charge on any atom is -0.465 e. The summed E-state index contributed by atoms with van der Waals surface area (Å²) in [5, 5.41) is 1.19. The van der Waals surface area contributed by atoms with E-state index in [1.54, 1.807) is 11.3 Å². The molecule has 2 nitrogen and oxygen atoms in total. The lowest BCUT2D eigenvalue weighted by Gasteiger charge is -2.20. The fourth-order valence-corrected chi connectivity index (χ4v) is 2.85. The molecule has 1 aromatic carbocycles. The van der Waals surface area contributed by atoms with E-state index >= 15 is 0 Å². The third-order valence-corrected chi connectivity index (χ3v) is 4.27. The summed E-state index contributed by atoms with van der Waals surface area (Å²) in [6.07, 6.45) is 0. The van der Waals surface area contributed by atoms with Crippen molar-refractivity contribution in [1.29, 1.82) is 0 Å². The van der Waals surface area contributed by atoms with Crippen molar-refractivity contribution >= 4 is 27.4 Å². The fourth-order valence-electron chi connectivity index (χ4n) is 1.70. The topological polar surface area (TPSA) is 26.3 Å². The Balaban J connectivity index is 2.41. The van der Waals surface area contributed by atoms with Crippen LogP contribution in [0.1, 0.15) is 25.6 Å². The maximum atomic E-state index is 11.9. The predicted octanol–water partition coefficient (Wildman–Crippen LogP) is 3.74. The van der Waals surface area contributed by atoms with Crippen molar-refractivity contribution in [3.63, 3.8) is 0 Å². The monoisotopic (exact) mass is 248 g/mol. The fraction of sp³-hybridized carbons (Fsp3) is 0.357. The molecule has 2 aromatic rings. The quantitative estimate of drug-likeness (QED) is 0.773. The van der Waals surface area contributed by atoms with Crippen LogP contribution in [0.4, 0.5) is 0 Å². The molecular weight excluding hydrogens is 232 g/mol. The summed E-state index contributed by atoms with van der Waals surface area (Å²) in [6, 6.07) is 10.2. The largest absolute Gasteiger partial charge is 0.465 e. The van der Waals surface area contributed by atoms with Gasteiger partial charge >= 0.3 is 5.97 Å². The summed E-state index contributed by atoms with van der Waals surface area (Å²) in [5.41, 5.74) is -0.570. The summed E-state index contributed by atoms with van der Waals surface area (Å²) in [4.78, 5) is 13.0. The van der Waals surface area contributed by atoms with Gasteiger partial charge in [-0.2, -0.15) is 0 Å². The Morgan fingerprint density at radius 1 is 1.35 bits per heavy atom. The van der Waals surface area contributed by atoms with Crippen LogP contribution in [0.25, 0.3) is 10.1 Å². The van der Waals surface area contributed by atoms with Crippen LogP contribution in [-0.2, 0) is 14.9 Å². The zero-order chi connectivity index (χ0) is 12.5. The number of hydrogen-bond acceptors (Lipinski definition) is 3. The normalized spacial score (nSPS) is 11.7. The molecule has 0 fully saturated rings. The van der Waals surface area contributed by atoms with Crippen molar-refractivity contribution in [3.8, 4) is 0 Å². The van der Waals surface area contributed by atoms with Crippen LogP contribution in [-0.4, -0.2) is 12.6 Å². The lowest BCUT2D eigenvalue weighted by Crippen LogP contribution is -2.30. The van der Waals surface area contributed by atoms with Crippen LogP contribution in [0.3, 0.4) is 0 Å². The summed E-state index contributed by atoms with van der Waals surface area (Å²) in [6.45, 7) is 6.08. The van der Waals surface area contributed by atoms with E-state index in [0.29, 0.717) is 6.61 Å². The van der Waals surface area contributed by atoms with E-state index < -0.39 is 5.41 Å². The maximum absolute atomic E-state index is 11.9. The Morgan fingerprint density at radius 3 is 2.71 bits per heavy atom.